The third-order valence-corrected chi connectivity index (χ3v) is 2.78. The van der Waals surface area contributed by atoms with E-state index in [2.05, 4.69) is 27.0 Å². The Balaban J connectivity index is 2.01. The molecule has 1 aromatic rings. The van der Waals surface area contributed by atoms with Crippen molar-refractivity contribution in [2.45, 2.75) is 26.3 Å². The number of piperidine rings is 1. The van der Waals surface area contributed by atoms with Crippen LogP contribution in [0.4, 0.5) is 5.95 Å². The van der Waals surface area contributed by atoms with Gasteiger partial charge >= 0.3 is 0 Å². The molecule has 0 amide bonds. The number of nitrogens with two attached hydrogens (primary N) is 1. The van der Waals surface area contributed by atoms with Gasteiger partial charge in [-0.3, -0.25) is 5.10 Å². The molecular formula is C9H17N5. The van der Waals surface area contributed by atoms with E-state index >= 15 is 0 Å². The fraction of sp³-hybridized carbons (Fsp3) is 0.778. The topological polar surface area (TPSA) is 70.8 Å². The van der Waals surface area contributed by atoms with Gasteiger partial charge in [-0.25, -0.2) is 0 Å². The Labute approximate surface area is 83.7 Å². The normalized spacial score (nSPS) is 18.9. The molecule has 1 fully saturated rings. The van der Waals surface area contributed by atoms with Crippen LogP contribution < -0.4 is 10.6 Å². The first-order chi connectivity index (χ1) is 6.79. The van der Waals surface area contributed by atoms with Crippen LogP contribution in [-0.2, 0) is 6.54 Å². The van der Waals surface area contributed by atoms with Crippen LogP contribution in [-0.4, -0.2) is 28.3 Å². The van der Waals surface area contributed by atoms with Crippen molar-refractivity contribution in [3.8, 4) is 0 Å². The average Bonchev–Trinajstić information content (AvgIpc) is 2.67. The molecule has 0 bridgehead atoms. The average molecular weight is 195 g/mol. The van der Waals surface area contributed by atoms with Gasteiger partial charge in [-0.2, -0.15) is 4.98 Å². The summed E-state index contributed by atoms with van der Waals surface area (Å²) in [5.41, 5.74) is 5.46. The van der Waals surface area contributed by atoms with E-state index in [9.17, 15) is 0 Å². The number of H-pyrrole nitrogens is 1. The zero-order chi connectivity index (χ0) is 9.97. The Kier molecular flexibility index (Phi) is 2.67. The molecule has 1 aliphatic rings. The van der Waals surface area contributed by atoms with Crippen LogP contribution in [0.3, 0.4) is 0 Å². The fourth-order valence-electron chi connectivity index (χ4n) is 1.73. The number of nitrogens with one attached hydrogen (secondary N) is 1. The third kappa shape index (κ3) is 1.87. The van der Waals surface area contributed by atoms with E-state index in [4.69, 9.17) is 5.73 Å². The maximum absolute atomic E-state index is 5.46. The van der Waals surface area contributed by atoms with E-state index in [0.29, 0.717) is 6.54 Å². The highest BCUT2D eigenvalue weighted by Crippen LogP contribution is 2.19. The molecule has 0 atom stereocenters. The Morgan fingerprint density at radius 2 is 2.21 bits per heavy atom. The lowest BCUT2D eigenvalue weighted by atomic mass is 10.00. The lowest BCUT2D eigenvalue weighted by Crippen LogP contribution is -2.33. The highest BCUT2D eigenvalue weighted by atomic mass is 15.4. The largest absolute Gasteiger partial charge is 0.340 e. The summed E-state index contributed by atoms with van der Waals surface area (Å²) in [6.07, 6.45) is 2.46. The van der Waals surface area contributed by atoms with E-state index in [1.54, 1.807) is 0 Å². The van der Waals surface area contributed by atoms with Crippen LogP contribution >= 0.6 is 0 Å². The predicted molar refractivity (Wildman–Crippen MR) is 54.9 cm³/mol. The van der Waals surface area contributed by atoms with Gasteiger partial charge in [0.25, 0.3) is 0 Å². The summed E-state index contributed by atoms with van der Waals surface area (Å²) >= 11 is 0. The molecule has 5 heteroatoms. The van der Waals surface area contributed by atoms with Gasteiger partial charge in [-0.1, -0.05) is 6.92 Å². The molecule has 5 nitrogen and oxygen atoms in total. The first kappa shape index (κ1) is 9.45. The van der Waals surface area contributed by atoms with E-state index in [1.165, 1.54) is 12.8 Å². The van der Waals surface area contributed by atoms with Gasteiger partial charge in [0.2, 0.25) is 5.95 Å². The second kappa shape index (κ2) is 3.96. The lowest BCUT2D eigenvalue weighted by Gasteiger charge is -2.29. The number of anilines is 1. The van der Waals surface area contributed by atoms with Crippen molar-refractivity contribution in [1.29, 1.82) is 0 Å². The molecule has 2 heterocycles. The smallest absolute Gasteiger partial charge is 0.244 e. The molecule has 2 rings (SSSR count). The van der Waals surface area contributed by atoms with E-state index in [0.717, 1.165) is 30.8 Å². The molecule has 1 aromatic heterocycles. The molecule has 1 saturated heterocycles. The van der Waals surface area contributed by atoms with Gasteiger partial charge in [-0.05, 0) is 18.8 Å². The Bertz CT molecular complexity index is 287. The Morgan fingerprint density at radius 3 is 2.79 bits per heavy atom. The van der Waals surface area contributed by atoms with Crippen molar-refractivity contribution in [2.24, 2.45) is 11.7 Å². The van der Waals surface area contributed by atoms with Crippen LogP contribution in [0.2, 0.25) is 0 Å². The zero-order valence-electron chi connectivity index (χ0n) is 8.53. The highest BCUT2D eigenvalue weighted by Gasteiger charge is 2.18. The molecule has 0 aromatic carbocycles. The molecule has 0 saturated carbocycles. The van der Waals surface area contributed by atoms with Crippen LogP contribution in [0.25, 0.3) is 0 Å². The summed E-state index contributed by atoms with van der Waals surface area (Å²) in [6.45, 7) is 4.84. The van der Waals surface area contributed by atoms with Crippen LogP contribution in [0, 0.1) is 5.92 Å². The summed E-state index contributed by atoms with van der Waals surface area (Å²) in [5.74, 6) is 2.40. The molecule has 0 spiro atoms. The van der Waals surface area contributed by atoms with Crippen LogP contribution in [0.1, 0.15) is 25.6 Å². The van der Waals surface area contributed by atoms with Gasteiger partial charge in [0.15, 0.2) is 0 Å². The number of aromatic nitrogens is 3. The second-order valence-electron chi connectivity index (χ2n) is 3.96. The summed E-state index contributed by atoms with van der Waals surface area (Å²) in [6, 6.07) is 0. The predicted octanol–water partition coefficient (Wildman–Crippen LogP) is 0.500. The molecule has 0 radical (unpaired) electrons. The molecular weight excluding hydrogens is 178 g/mol. The molecule has 0 aliphatic carbocycles. The number of hydrogen-bond donors (Lipinski definition) is 2. The minimum atomic E-state index is 0.428. The number of nitrogens with zero attached hydrogens (tertiary/aromatic N) is 3. The Hall–Kier alpha value is -1.10. The zero-order valence-corrected chi connectivity index (χ0v) is 8.53. The third-order valence-electron chi connectivity index (χ3n) is 2.78. The molecule has 1 aliphatic heterocycles. The molecule has 0 unspecified atom stereocenters. The van der Waals surface area contributed by atoms with E-state index in [1.807, 2.05) is 0 Å². The fourth-order valence-corrected chi connectivity index (χ4v) is 1.73. The monoisotopic (exact) mass is 195 g/mol. The van der Waals surface area contributed by atoms with Crippen molar-refractivity contribution in [1.82, 2.24) is 15.2 Å². The summed E-state index contributed by atoms with van der Waals surface area (Å²) in [4.78, 5) is 6.53. The van der Waals surface area contributed by atoms with Gasteiger partial charge in [0, 0.05) is 13.1 Å². The number of hydrogen-bond acceptors (Lipinski definition) is 4. The van der Waals surface area contributed by atoms with E-state index in [-0.39, 0.29) is 0 Å². The summed E-state index contributed by atoms with van der Waals surface area (Å²) in [7, 11) is 0. The Morgan fingerprint density at radius 1 is 1.50 bits per heavy atom. The minimum absolute atomic E-state index is 0.428. The summed E-state index contributed by atoms with van der Waals surface area (Å²) < 4.78 is 0. The first-order valence-electron chi connectivity index (χ1n) is 5.16. The van der Waals surface area contributed by atoms with Crippen molar-refractivity contribution >= 4 is 5.95 Å². The SMILES string of the molecule is CC1CCN(c2n[nH]c(CN)n2)CC1. The molecule has 14 heavy (non-hydrogen) atoms. The van der Waals surface area contributed by atoms with Crippen molar-refractivity contribution in [3.05, 3.63) is 5.82 Å². The maximum Gasteiger partial charge on any atom is 0.244 e. The quantitative estimate of drug-likeness (QED) is 0.721. The molecule has 78 valence electrons. The summed E-state index contributed by atoms with van der Waals surface area (Å²) in [5, 5.41) is 6.98. The van der Waals surface area contributed by atoms with Gasteiger partial charge in [-0.15, -0.1) is 5.10 Å². The first-order valence-corrected chi connectivity index (χ1v) is 5.16. The van der Waals surface area contributed by atoms with Crippen molar-refractivity contribution in [2.75, 3.05) is 18.0 Å². The second-order valence-corrected chi connectivity index (χ2v) is 3.96. The van der Waals surface area contributed by atoms with E-state index < -0.39 is 0 Å². The van der Waals surface area contributed by atoms with Crippen molar-refractivity contribution in [3.63, 3.8) is 0 Å². The van der Waals surface area contributed by atoms with Gasteiger partial charge in [0.05, 0.1) is 6.54 Å². The maximum atomic E-state index is 5.46. The van der Waals surface area contributed by atoms with Crippen LogP contribution in [0.15, 0.2) is 0 Å². The number of rotatable bonds is 2. The number of aromatic amines is 1. The standard InChI is InChI=1S/C9H17N5/c1-7-2-4-14(5-3-7)9-11-8(6-10)12-13-9/h7H,2-6,10H2,1H3,(H,11,12,13). The minimum Gasteiger partial charge on any atom is -0.340 e. The van der Waals surface area contributed by atoms with Gasteiger partial charge in [0.1, 0.15) is 5.82 Å². The van der Waals surface area contributed by atoms with Crippen LogP contribution in [0.5, 0.6) is 0 Å². The highest BCUT2D eigenvalue weighted by molar-refractivity contribution is 5.29. The molecule has 3 N–H and O–H groups in total. The van der Waals surface area contributed by atoms with Crippen molar-refractivity contribution < 1.29 is 0 Å². The lowest BCUT2D eigenvalue weighted by molar-refractivity contribution is 0.434. The van der Waals surface area contributed by atoms with Gasteiger partial charge < -0.3 is 10.6 Å².